The molecule has 1 aliphatic carbocycles. The number of rotatable bonds is 7. The zero-order valence-electron chi connectivity index (χ0n) is 16.0. The number of hydrogen-bond donors (Lipinski definition) is 1. The minimum Gasteiger partial charge on any atom is -0.272 e. The lowest BCUT2D eigenvalue weighted by molar-refractivity contribution is -0.121. The highest BCUT2D eigenvalue weighted by atomic mass is 79.9. The lowest BCUT2D eigenvalue weighted by Gasteiger charge is -2.32. The Labute approximate surface area is 180 Å². The van der Waals surface area contributed by atoms with Crippen molar-refractivity contribution in [1.82, 2.24) is 9.73 Å². The first-order chi connectivity index (χ1) is 14.0. The first-order valence-electron chi connectivity index (χ1n) is 9.61. The van der Waals surface area contributed by atoms with Crippen molar-refractivity contribution in [3.8, 4) is 0 Å². The summed E-state index contributed by atoms with van der Waals surface area (Å²) in [7, 11) is -3.76. The lowest BCUT2D eigenvalue weighted by atomic mass is 9.95. The quantitative estimate of drug-likeness (QED) is 0.484. The minimum absolute atomic E-state index is 0.172. The van der Waals surface area contributed by atoms with Crippen molar-refractivity contribution in [2.24, 2.45) is 5.10 Å². The van der Waals surface area contributed by atoms with Crippen LogP contribution in [0.3, 0.4) is 0 Å². The van der Waals surface area contributed by atoms with Crippen molar-refractivity contribution in [1.29, 1.82) is 0 Å². The number of carbonyl (C=O) groups excluding carboxylic acids is 1. The van der Waals surface area contributed by atoms with E-state index in [-0.39, 0.29) is 17.5 Å². The van der Waals surface area contributed by atoms with Crippen LogP contribution in [-0.2, 0) is 14.8 Å². The zero-order valence-corrected chi connectivity index (χ0v) is 18.4. The topological polar surface area (TPSA) is 78.8 Å². The number of sulfonamides is 1. The van der Waals surface area contributed by atoms with E-state index in [1.165, 1.54) is 10.5 Å². The van der Waals surface area contributed by atoms with Crippen LogP contribution in [0.1, 0.15) is 37.7 Å². The van der Waals surface area contributed by atoms with Crippen molar-refractivity contribution >= 4 is 38.1 Å². The Morgan fingerprint density at radius 1 is 1.10 bits per heavy atom. The average molecular weight is 478 g/mol. The Balaban J connectivity index is 1.73. The summed E-state index contributed by atoms with van der Waals surface area (Å²) < 4.78 is 28.7. The van der Waals surface area contributed by atoms with Gasteiger partial charge in [0.15, 0.2) is 0 Å². The maximum atomic E-state index is 13.2. The Bertz CT molecular complexity index is 958. The van der Waals surface area contributed by atoms with Crippen LogP contribution in [0.4, 0.5) is 0 Å². The van der Waals surface area contributed by atoms with Gasteiger partial charge in [-0.25, -0.2) is 13.8 Å². The molecule has 8 heteroatoms. The highest BCUT2D eigenvalue weighted by Gasteiger charge is 2.33. The number of hydrazone groups is 1. The summed E-state index contributed by atoms with van der Waals surface area (Å²) in [6.45, 7) is -0.252. The number of nitrogens with zero attached hydrogens (tertiary/aromatic N) is 2. The van der Waals surface area contributed by atoms with Gasteiger partial charge in [-0.3, -0.25) is 4.79 Å². The van der Waals surface area contributed by atoms with Crippen LogP contribution in [0.15, 0.2) is 69.1 Å². The molecule has 0 saturated heterocycles. The van der Waals surface area contributed by atoms with Crippen molar-refractivity contribution in [3.63, 3.8) is 0 Å². The van der Waals surface area contributed by atoms with Crippen LogP contribution >= 0.6 is 15.9 Å². The Morgan fingerprint density at radius 3 is 2.52 bits per heavy atom. The first-order valence-corrected chi connectivity index (χ1v) is 11.8. The predicted molar refractivity (Wildman–Crippen MR) is 117 cm³/mol. The van der Waals surface area contributed by atoms with Gasteiger partial charge in [-0.2, -0.15) is 9.41 Å². The van der Waals surface area contributed by atoms with Gasteiger partial charge in [0.1, 0.15) is 0 Å². The maximum Gasteiger partial charge on any atom is 0.255 e. The lowest BCUT2D eigenvalue weighted by Crippen LogP contribution is -2.46. The third-order valence-corrected chi connectivity index (χ3v) is 7.29. The summed E-state index contributed by atoms with van der Waals surface area (Å²) in [6.07, 6.45) is 6.09. The van der Waals surface area contributed by atoms with Gasteiger partial charge in [0.2, 0.25) is 10.0 Å². The number of benzene rings is 2. The van der Waals surface area contributed by atoms with E-state index >= 15 is 0 Å². The maximum absolute atomic E-state index is 13.2. The van der Waals surface area contributed by atoms with Gasteiger partial charge in [-0.15, -0.1) is 0 Å². The molecule has 29 heavy (non-hydrogen) atoms. The predicted octanol–water partition coefficient (Wildman–Crippen LogP) is 3.92. The molecule has 0 heterocycles. The van der Waals surface area contributed by atoms with Crippen molar-refractivity contribution in [2.45, 2.75) is 43.0 Å². The first kappa shape index (κ1) is 21.7. The number of hydrogen-bond acceptors (Lipinski definition) is 4. The van der Waals surface area contributed by atoms with E-state index in [0.717, 1.165) is 42.1 Å². The van der Waals surface area contributed by atoms with E-state index in [1.807, 2.05) is 24.3 Å². The molecule has 0 atom stereocenters. The summed E-state index contributed by atoms with van der Waals surface area (Å²) in [5.41, 5.74) is 3.27. The summed E-state index contributed by atoms with van der Waals surface area (Å²) in [5.74, 6) is -0.457. The normalized spacial score (nSPS) is 15.7. The van der Waals surface area contributed by atoms with Gasteiger partial charge in [0, 0.05) is 10.5 Å². The average Bonchev–Trinajstić information content (AvgIpc) is 2.73. The highest BCUT2D eigenvalue weighted by molar-refractivity contribution is 9.10. The van der Waals surface area contributed by atoms with Gasteiger partial charge in [-0.1, -0.05) is 65.5 Å². The summed E-state index contributed by atoms with van der Waals surface area (Å²) >= 11 is 3.38. The molecule has 1 N–H and O–H groups in total. The molecule has 2 aromatic rings. The Hall–Kier alpha value is -2.03. The molecule has 2 aromatic carbocycles. The van der Waals surface area contributed by atoms with Crippen molar-refractivity contribution < 1.29 is 13.2 Å². The number of halogens is 1. The molecule has 0 spiro atoms. The smallest absolute Gasteiger partial charge is 0.255 e. The largest absolute Gasteiger partial charge is 0.272 e. The van der Waals surface area contributed by atoms with Crippen molar-refractivity contribution in [3.05, 3.63) is 64.6 Å². The van der Waals surface area contributed by atoms with Crippen LogP contribution in [0.5, 0.6) is 0 Å². The van der Waals surface area contributed by atoms with E-state index < -0.39 is 15.9 Å². The fourth-order valence-corrected chi connectivity index (χ4v) is 5.53. The van der Waals surface area contributed by atoms with Gasteiger partial charge < -0.3 is 0 Å². The number of nitrogens with one attached hydrogen (secondary N) is 1. The van der Waals surface area contributed by atoms with Crippen LogP contribution in [0, 0.1) is 0 Å². The van der Waals surface area contributed by atoms with Crippen molar-refractivity contribution in [2.75, 3.05) is 6.54 Å². The van der Waals surface area contributed by atoms with Crippen LogP contribution in [0.2, 0.25) is 0 Å². The molecule has 1 fully saturated rings. The number of amides is 1. The number of carbonyl (C=O) groups is 1. The third-order valence-electron chi connectivity index (χ3n) is 4.88. The van der Waals surface area contributed by atoms with Crippen LogP contribution in [0.25, 0.3) is 0 Å². The molecule has 0 bridgehead atoms. The van der Waals surface area contributed by atoms with E-state index in [1.54, 1.807) is 30.3 Å². The molecule has 0 radical (unpaired) electrons. The third kappa shape index (κ3) is 5.98. The second-order valence-electron chi connectivity index (χ2n) is 7.00. The zero-order chi connectivity index (χ0) is 20.7. The fraction of sp³-hybridized carbons (Fsp3) is 0.333. The second-order valence-corrected chi connectivity index (χ2v) is 9.81. The molecule has 0 aromatic heterocycles. The minimum atomic E-state index is -3.76. The Morgan fingerprint density at radius 2 is 1.83 bits per heavy atom. The standard InChI is InChI=1S/C21H24BrN3O3S/c22-18-9-7-8-17(14-18)15-23-24-21(26)16-25(19-10-3-1-4-11-19)29(27,28)20-12-5-2-6-13-20/h2,5-9,12-15,19H,1,3-4,10-11,16H2,(H,24,26)/b23-15+. The molecule has 1 amide bonds. The van der Waals surface area contributed by atoms with Crippen LogP contribution < -0.4 is 5.43 Å². The molecule has 1 aliphatic rings. The summed E-state index contributed by atoms with van der Waals surface area (Å²) in [4.78, 5) is 12.7. The molecule has 1 saturated carbocycles. The fourth-order valence-electron chi connectivity index (χ4n) is 3.45. The molecule has 0 aliphatic heterocycles. The van der Waals surface area contributed by atoms with Gasteiger partial charge in [0.05, 0.1) is 17.7 Å². The molecule has 0 unspecified atom stereocenters. The highest BCUT2D eigenvalue weighted by Crippen LogP contribution is 2.27. The molecular formula is C21H24BrN3O3S. The molecular weight excluding hydrogens is 454 g/mol. The van der Waals surface area contributed by atoms with Gasteiger partial charge >= 0.3 is 0 Å². The molecule has 6 nitrogen and oxygen atoms in total. The molecule has 3 rings (SSSR count). The van der Waals surface area contributed by atoms with Gasteiger partial charge in [0.25, 0.3) is 5.91 Å². The Kier molecular flexibility index (Phi) is 7.57. The summed E-state index contributed by atoms with van der Waals surface area (Å²) in [5, 5.41) is 3.97. The summed E-state index contributed by atoms with van der Waals surface area (Å²) in [6, 6.07) is 15.6. The van der Waals surface area contributed by atoms with E-state index in [0.29, 0.717) is 0 Å². The van der Waals surface area contributed by atoms with Crippen LogP contribution in [-0.4, -0.2) is 37.4 Å². The van der Waals surface area contributed by atoms with E-state index in [4.69, 9.17) is 0 Å². The monoisotopic (exact) mass is 477 g/mol. The SMILES string of the molecule is O=C(CN(C1CCCCC1)S(=O)(=O)c1ccccc1)N/N=C/c1cccc(Br)c1. The van der Waals surface area contributed by atoms with E-state index in [2.05, 4.69) is 26.5 Å². The van der Waals surface area contributed by atoms with E-state index in [9.17, 15) is 13.2 Å². The second kappa shape index (κ2) is 10.1. The van der Waals surface area contributed by atoms with Gasteiger partial charge in [-0.05, 0) is 42.7 Å². The molecule has 154 valence electrons.